The largest absolute Gasteiger partial charge is 0.307 e. The number of amides is 1. The van der Waals surface area contributed by atoms with E-state index in [2.05, 4.69) is 26.3 Å². The van der Waals surface area contributed by atoms with E-state index < -0.39 is 0 Å². The van der Waals surface area contributed by atoms with Crippen LogP contribution in [0.25, 0.3) is 0 Å². The first kappa shape index (κ1) is 17.0. The smallest absolute Gasteiger partial charge is 0.256 e. The molecule has 0 aliphatic rings. The Bertz CT molecular complexity index is 875. The summed E-state index contributed by atoms with van der Waals surface area (Å²) < 4.78 is 2.70. The number of nitrogens with zero attached hydrogens (tertiary/aromatic N) is 2. The Morgan fingerprint density at radius 2 is 1.83 bits per heavy atom. The predicted molar refractivity (Wildman–Crippen MR) is 99.9 cm³/mol. The molecule has 3 aromatic rings. The van der Waals surface area contributed by atoms with Crippen molar-refractivity contribution in [3.8, 4) is 0 Å². The van der Waals surface area contributed by atoms with Crippen LogP contribution in [0.4, 0.5) is 5.82 Å². The van der Waals surface area contributed by atoms with Crippen LogP contribution in [-0.2, 0) is 6.54 Å². The monoisotopic (exact) mass is 423 g/mol. The Morgan fingerprint density at radius 3 is 2.54 bits per heavy atom. The zero-order chi connectivity index (χ0) is 17.1. The summed E-state index contributed by atoms with van der Waals surface area (Å²) in [5, 5.41) is 7.92. The minimum Gasteiger partial charge on any atom is -0.307 e. The third-order valence-corrected chi connectivity index (χ3v) is 4.57. The second kappa shape index (κ2) is 7.38. The van der Waals surface area contributed by atoms with Crippen molar-refractivity contribution < 1.29 is 4.79 Å². The highest BCUT2D eigenvalue weighted by atomic mass is 79.9. The van der Waals surface area contributed by atoms with Crippen LogP contribution in [0.1, 0.15) is 15.9 Å². The molecule has 3 rings (SSSR count). The maximum atomic E-state index is 12.4. The normalized spacial score (nSPS) is 10.6. The van der Waals surface area contributed by atoms with E-state index in [1.54, 1.807) is 35.1 Å². The van der Waals surface area contributed by atoms with E-state index in [9.17, 15) is 4.79 Å². The van der Waals surface area contributed by atoms with Crippen LogP contribution in [0.2, 0.25) is 10.0 Å². The van der Waals surface area contributed by atoms with Gasteiger partial charge in [-0.15, -0.1) is 0 Å². The van der Waals surface area contributed by atoms with Gasteiger partial charge in [-0.2, -0.15) is 5.10 Å². The van der Waals surface area contributed by atoms with Crippen LogP contribution in [0.15, 0.2) is 59.2 Å². The van der Waals surface area contributed by atoms with Crippen LogP contribution < -0.4 is 5.32 Å². The highest BCUT2D eigenvalue weighted by molar-refractivity contribution is 9.10. The molecule has 1 heterocycles. The predicted octanol–water partition coefficient (Wildman–Crippen LogP) is 5.25. The van der Waals surface area contributed by atoms with Crippen LogP contribution in [-0.4, -0.2) is 15.7 Å². The van der Waals surface area contributed by atoms with E-state index in [4.69, 9.17) is 23.2 Å². The van der Waals surface area contributed by atoms with E-state index in [0.717, 1.165) is 10.0 Å². The first-order chi connectivity index (χ1) is 11.5. The van der Waals surface area contributed by atoms with E-state index in [-0.39, 0.29) is 5.91 Å². The fourth-order valence-electron chi connectivity index (χ4n) is 2.23. The van der Waals surface area contributed by atoms with Gasteiger partial charge in [-0.05, 0) is 29.8 Å². The van der Waals surface area contributed by atoms with Crippen molar-refractivity contribution in [1.82, 2.24) is 9.78 Å². The fourth-order valence-corrected chi connectivity index (χ4v) is 3.16. The third-order valence-electron chi connectivity index (χ3n) is 3.36. The summed E-state index contributed by atoms with van der Waals surface area (Å²) in [6.45, 7) is 0.528. The lowest BCUT2D eigenvalue weighted by Gasteiger charge is -2.10. The number of hydrogen-bond acceptors (Lipinski definition) is 2. The van der Waals surface area contributed by atoms with Gasteiger partial charge in [-0.1, -0.05) is 57.3 Å². The van der Waals surface area contributed by atoms with Gasteiger partial charge >= 0.3 is 0 Å². The van der Waals surface area contributed by atoms with Gasteiger partial charge in [0.25, 0.3) is 5.91 Å². The zero-order valence-electron chi connectivity index (χ0n) is 12.3. The average Bonchev–Trinajstić information content (AvgIpc) is 2.95. The van der Waals surface area contributed by atoms with Gasteiger partial charge in [0.05, 0.1) is 12.7 Å². The molecule has 1 amide bonds. The molecule has 2 aromatic carbocycles. The Hall–Kier alpha value is -1.82. The Kier molecular flexibility index (Phi) is 5.23. The number of hydrogen-bond donors (Lipinski definition) is 1. The number of anilines is 1. The van der Waals surface area contributed by atoms with E-state index in [1.165, 1.54) is 0 Å². The molecule has 122 valence electrons. The Morgan fingerprint density at radius 1 is 1.12 bits per heavy atom. The number of benzene rings is 2. The lowest BCUT2D eigenvalue weighted by Crippen LogP contribution is -2.16. The van der Waals surface area contributed by atoms with Crippen molar-refractivity contribution >= 4 is 50.9 Å². The molecule has 1 aromatic heterocycles. The summed E-state index contributed by atoms with van der Waals surface area (Å²) in [5.41, 5.74) is 1.45. The van der Waals surface area contributed by atoms with E-state index in [1.807, 2.05) is 24.3 Å². The van der Waals surface area contributed by atoms with Gasteiger partial charge in [0, 0.05) is 26.1 Å². The Balaban J connectivity index is 1.80. The molecule has 0 spiro atoms. The minimum absolute atomic E-state index is 0.298. The van der Waals surface area contributed by atoms with Crippen molar-refractivity contribution in [2.75, 3.05) is 5.32 Å². The molecule has 0 saturated carbocycles. The molecule has 0 radical (unpaired) electrons. The van der Waals surface area contributed by atoms with Crippen molar-refractivity contribution in [2.45, 2.75) is 6.54 Å². The summed E-state index contributed by atoms with van der Waals surface area (Å²) in [6.07, 6.45) is 1.64. The molecule has 0 atom stereocenters. The number of aromatic nitrogens is 2. The lowest BCUT2D eigenvalue weighted by molar-refractivity contribution is 0.102. The molecule has 0 aliphatic heterocycles. The van der Waals surface area contributed by atoms with Crippen LogP contribution >= 0.6 is 39.1 Å². The quantitative estimate of drug-likeness (QED) is 0.621. The molecule has 7 heteroatoms. The summed E-state index contributed by atoms with van der Waals surface area (Å²) in [4.78, 5) is 12.4. The number of carbonyl (C=O) groups is 1. The SMILES string of the molecule is O=C(Nc1ccnn1Cc1ccccc1Br)c1cc(Cl)cc(Cl)c1. The number of rotatable bonds is 4. The molecule has 0 fully saturated rings. The molecule has 0 bridgehead atoms. The second-order valence-electron chi connectivity index (χ2n) is 5.08. The number of halogens is 3. The van der Waals surface area contributed by atoms with Crippen LogP contribution in [0, 0.1) is 0 Å². The van der Waals surface area contributed by atoms with Gasteiger partial charge < -0.3 is 5.32 Å². The highest BCUT2D eigenvalue weighted by Gasteiger charge is 2.12. The first-order valence-corrected chi connectivity index (χ1v) is 8.60. The molecule has 24 heavy (non-hydrogen) atoms. The average molecular weight is 425 g/mol. The van der Waals surface area contributed by atoms with Gasteiger partial charge in [0.1, 0.15) is 5.82 Å². The van der Waals surface area contributed by atoms with Gasteiger partial charge in [-0.25, -0.2) is 4.68 Å². The maximum Gasteiger partial charge on any atom is 0.256 e. The van der Waals surface area contributed by atoms with Crippen molar-refractivity contribution in [3.05, 3.63) is 80.4 Å². The van der Waals surface area contributed by atoms with E-state index in [0.29, 0.717) is 28.0 Å². The van der Waals surface area contributed by atoms with Crippen molar-refractivity contribution in [1.29, 1.82) is 0 Å². The third kappa shape index (κ3) is 3.98. The molecule has 0 unspecified atom stereocenters. The van der Waals surface area contributed by atoms with Crippen molar-refractivity contribution in [3.63, 3.8) is 0 Å². The van der Waals surface area contributed by atoms with Crippen LogP contribution in [0.5, 0.6) is 0 Å². The molecule has 0 aliphatic carbocycles. The standard InChI is InChI=1S/C17H12BrCl2N3O/c18-15-4-2-1-3-11(15)10-23-16(5-6-21-23)22-17(24)12-7-13(19)9-14(20)8-12/h1-9H,10H2,(H,22,24). The topological polar surface area (TPSA) is 46.9 Å². The molecule has 1 N–H and O–H groups in total. The Labute approximate surface area is 157 Å². The maximum absolute atomic E-state index is 12.4. The molecule has 4 nitrogen and oxygen atoms in total. The van der Waals surface area contributed by atoms with Crippen LogP contribution in [0.3, 0.4) is 0 Å². The number of nitrogens with one attached hydrogen (secondary N) is 1. The van der Waals surface area contributed by atoms with Gasteiger partial charge in [0.15, 0.2) is 0 Å². The minimum atomic E-state index is -0.298. The second-order valence-corrected chi connectivity index (χ2v) is 6.80. The summed E-state index contributed by atoms with van der Waals surface area (Å²) in [5.74, 6) is 0.292. The first-order valence-electron chi connectivity index (χ1n) is 7.05. The highest BCUT2D eigenvalue weighted by Crippen LogP contribution is 2.21. The summed E-state index contributed by atoms with van der Waals surface area (Å²) in [7, 11) is 0. The number of carbonyl (C=O) groups excluding carboxylic acids is 1. The molecular weight excluding hydrogens is 413 g/mol. The van der Waals surface area contributed by atoms with Gasteiger partial charge in [0.2, 0.25) is 0 Å². The molecular formula is C17H12BrCl2N3O. The lowest BCUT2D eigenvalue weighted by atomic mass is 10.2. The van der Waals surface area contributed by atoms with Gasteiger partial charge in [-0.3, -0.25) is 4.79 Å². The fraction of sp³-hybridized carbons (Fsp3) is 0.0588. The summed E-state index contributed by atoms with van der Waals surface area (Å²) >= 11 is 15.4. The zero-order valence-corrected chi connectivity index (χ0v) is 15.4. The van der Waals surface area contributed by atoms with E-state index >= 15 is 0 Å². The van der Waals surface area contributed by atoms with Crippen molar-refractivity contribution in [2.24, 2.45) is 0 Å². The molecule has 0 saturated heterocycles. The summed E-state index contributed by atoms with van der Waals surface area (Å²) in [6, 6.07) is 14.3.